The van der Waals surface area contributed by atoms with Gasteiger partial charge in [-0.25, -0.2) is 4.39 Å². The molecule has 0 spiro atoms. The second-order valence-electron chi connectivity index (χ2n) is 8.26. The summed E-state index contributed by atoms with van der Waals surface area (Å²) in [6.45, 7) is 3.52. The van der Waals surface area contributed by atoms with E-state index in [1.54, 1.807) is 17.0 Å². The number of hydrogen-bond acceptors (Lipinski definition) is 5. The van der Waals surface area contributed by atoms with Gasteiger partial charge in [-0.3, -0.25) is 14.5 Å². The highest BCUT2D eigenvalue weighted by atomic mass is 19.1. The molecule has 4 rings (SSSR count). The van der Waals surface area contributed by atoms with Crippen LogP contribution in [0.3, 0.4) is 0 Å². The first-order chi connectivity index (χ1) is 13.9. The van der Waals surface area contributed by atoms with Crippen molar-refractivity contribution in [2.45, 2.75) is 56.4 Å². The van der Waals surface area contributed by atoms with Gasteiger partial charge in [0.1, 0.15) is 11.9 Å². The van der Waals surface area contributed by atoms with Crippen molar-refractivity contribution in [2.24, 2.45) is 5.73 Å². The molecule has 7 nitrogen and oxygen atoms in total. The van der Waals surface area contributed by atoms with Crippen LogP contribution in [0.4, 0.5) is 4.39 Å². The predicted octanol–water partition coefficient (Wildman–Crippen LogP) is 1.01. The summed E-state index contributed by atoms with van der Waals surface area (Å²) in [7, 11) is 0. The number of halogens is 1. The number of carbonyl (C=O) groups excluding carboxylic acids is 2. The summed E-state index contributed by atoms with van der Waals surface area (Å²) < 4.78 is 13.2. The van der Waals surface area contributed by atoms with Crippen molar-refractivity contribution in [3.63, 3.8) is 0 Å². The van der Waals surface area contributed by atoms with Crippen LogP contribution in [-0.4, -0.2) is 70.3 Å². The quantitative estimate of drug-likeness (QED) is 0.798. The Morgan fingerprint density at radius 3 is 2.76 bits per heavy atom. The maximum absolute atomic E-state index is 13.2. The maximum atomic E-state index is 13.2. The highest BCUT2D eigenvalue weighted by Gasteiger charge is 2.51. The van der Waals surface area contributed by atoms with Gasteiger partial charge in [0.15, 0.2) is 0 Å². The second-order valence-corrected chi connectivity index (χ2v) is 8.26. The fourth-order valence-corrected chi connectivity index (χ4v) is 5.01. The summed E-state index contributed by atoms with van der Waals surface area (Å²) in [5, 5.41) is 9.20. The monoisotopic (exact) mass is 399 g/mol. The van der Waals surface area contributed by atoms with Gasteiger partial charge < -0.3 is 15.5 Å². The molecule has 0 saturated carbocycles. The van der Waals surface area contributed by atoms with Crippen molar-refractivity contribution in [2.75, 3.05) is 19.6 Å². The number of amides is 2. The van der Waals surface area contributed by atoms with Crippen molar-refractivity contribution in [3.8, 4) is 6.07 Å². The fourth-order valence-electron chi connectivity index (χ4n) is 5.01. The largest absolute Gasteiger partial charge is 0.330 e. The Morgan fingerprint density at radius 1 is 1.38 bits per heavy atom. The Hall–Kier alpha value is -2.50. The molecule has 0 aliphatic carbocycles. The minimum absolute atomic E-state index is 0.0359. The first-order valence-electron chi connectivity index (χ1n) is 10.2. The van der Waals surface area contributed by atoms with Crippen molar-refractivity contribution >= 4 is 11.8 Å². The van der Waals surface area contributed by atoms with E-state index < -0.39 is 12.1 Å². The van der Waals surface area contributed by atoms with Gasteiger partial charge in [-0.2, -0.15) is 5.26 Å². The van der Waals surface area contributed by atoms with Crippen LogP contribution >= 0.6 is 0 Å². The third-order valence-corrected chi connectivity index (χ3v) is 6.52. The SMILES string of the molecule is C[C@@H](c1ccc(F)cc1)N1C(=O)[C@H]2CC1CN2C[C@H](N)C(=O)N1CCC[C@H]1C#N. The van der Waals surface area contributed by atoms with Crippen LogP contribution in [-0.2, 0) is 9.59 Å². The average Bonchev–Trinajstić information content (AvgIpc) is 3.41. The van der Waals surface area contributed by atoms with E-state index in [0.717, 1.165) is 18.4 Å². The van der Waals surface area contributed by atoms with Crippen molar-refractivity contribution in [3.05, 3.63) is 35.6 Å². The zero-order valence-electron chi connectivity index (χ0n) is 16.5. The predicted molar refractivity (Wildman–Crippen MR) is 104 cm³/mol. The molecular formula is C21H26FN5O2. The lowest BCUT2D eigenvalue weighted by atomic mass is 10.1. The number of benzene rings is 1. The van der Waals surface area contributed by atoms with Crippen LogP contribution in [0.2, 0.25) is 0 Å². The van der Waals surface area contributed by atoms with E-state index in [4.69, 9.17) is 5.73 Å². The molecule has 0 aromatic heterocycles. The Morgan fingerprint density at radius 2 is 2.10 bits per heavy atom. The van der Waals surface area contributed by atoms with E-state index in [-0.39, 0.29) is 35.8 Å². The van der Waals surface area contributed by atoms with Gasteiger partial charge in [-0.1, -0.05) is 12.1 Å². The Bertz CT molecular complexity index is 838. The summed E-state index contributed by atoms with van der Waals surface area (Å²) in [6, 6.07) is 6.96. The minimum atomic E-state index is -0.737. The highest BCUT2D eigenvalue weighted by molar-refractivity contribution is 5.87. The summed E-state index contributed by atoms with van der Waals surface area (Å²) in [4.78, 5) is 31.1. The molecule has 1 aromatic carbocycles. The van der Waals surface area contributed by atoms with Crippen molar-refractivity contribution in [1.29, 1.82) is 5.26 Å². The molecule has 3 heterocycles. The van der Waals surface area contributed by atoms with Gasteiger partial charge in [0.05, 0.1) is 24.2 Å². The van der Waals surface area contributed by atoms with E-state index in [1.165, 1.54) is 12.1 Å². The lowest BCUT2D eigenvalue weighted by Gasteiger charge is -2.38. The molecule has 0 radical (unpaired) electrons. The number of nitrogens with two attached hydrogens (primary N) is 1. The van der Waals surface area contributed by atoms with Gasteiger partial charge >= 0.3 is 0 Å². The van der Waals surface area contributed by atoms with E-state index >= 15 is 0 Å². The molecule has 2 amide bonds. The first kappa shape index (κ1) is 19.8. The molecule has 5 atom stereocenters. The third-order valence-electron chi connectivity index (χ3n) is 6.52. The molecule has 8 heteroatoms. The number of nitriles is 1. The van der Waals surface area contributed by atoms with Gasteiger partial charge in [-0.05, 0) is 43.9 Å². The molecule has 2 bridgehead atoms. The zero-order valence-corrected chi connectivity index (χ0v) is 16.5. The normalized spacial score (nSPS) is 28.6. The molecule has 1 unspecified atom stereocenters. The highest BCUT2D eigenvalue weighted by Crippen LogP contribution is 2.38. The molecule has 1 aromatic rings. The van der Waals surface area contributed by atoms with Gasteiger partial charge in [0, 0.05) is 25.7 Å². The van der Waals surface area contributed by atoms with Crippen molar-refractivity contribution < 1.29 is 14.0 Å². The Labute approximate surface area is 169 Å². The van der Waals surface area contributed by atoms with Crippen LogP contribution in [0.5, 0.6) is 0 Å². The van der Waals surface area contributed by atoms with Crippen LogP contribution in [0.1, 0.15) is 37.8 Å². The standard InChI is InChI=1S/C21H26FN5O2/c1-13(14-4-6-15(22)7-5-14)27-17-9-19(21(27)29)25(11-17)12-18(24)20(28)26-8-2-3-16(26)10-23/h4-7,13,16-19H,2-3,8-9,11-12,24H2,1H3/t13-,16-,17?,18-,19+/m0/s1. The number of fused-ring (bicyclic) bond motifs is 2. The number of hydrogen-bond donors (Lipinski definition) is 1. The maximum Gasteiger partial charge on any atom is 0.241 e. The Balaban J connectivity index is 1.39. The summed E-state index contributed by atoms with van der Waals surface area (Å²) in [6.07, 6.45) is 2.23. The molecule has 3 aliphatic heterocycles. The average molecular weight is 399 g/mol. The molecule has 2 N–H and O–H groups in total. The summed E-state index contributed by atoms with van der Waals surface area (Å²) in [5.74, 6) is -0.466. The van der Waals surface area contributed by atoms with Crippen LogP contribution in [0, 0.1) is 17.1 Å². The molecule has 3 saturated heterocycles. The topological polar surface area (TPSA) is 93.7 Å². The van der Waals surface area contributed by atoms with E-state index in [9.17, 15) is 19.2 Å². The van der Waals surface area contributed by atoms with Gasteiger partial charge in [-0.15, -0.1) is 0 Å². The van der Waals surface area contributed by atoms with Crippen LogP contribution < -0.4 is 5.73 Å². The van der Waals surface area contributed by atoms with Crippen molar-refractivity contribution in [1.82, 2.24) is 14.7 Å². The number of piperazine rings is 1. The van der Waals surface area contributed by atoms with Gasteiger partial charge in [0.2, 0.25) is 11.8 Å². The molecule has 154 valence electrons. The van der Waals surface area contributed by atoms with E-state index in [1.807, 2.05) is 16.7 Å². The fraction of sp³-hybridized carbons (Fsp3) is 0.571. The van der Waals surface area contributed by atoms with Crippen LogP contribution in [0.25, 0.3) is 0 Å². The van der Waals surface area contributed by atoms with Crippen LogP contribution in [0.15, 0.2) is 24.3 Å². The zero-order chi connectivity index (χ0) is 20.7. The lowest BCUT2D eigenvalue weighted by molar-refractivity contribution is -0.140. The minimum Gasteiger partial charge on any atom is -0.330 e. The number of likely N-dealkylation sites (tertiary alicyclic amines) is 3. The molecule has 29 heavy (non-hydrogen) atoms. The third kappa shape index (κ3) is 3.49. The smallest absolute Gasteiger partial charge is 0.241 e. The first-order valence-corrected chi connectivity index (χ1v) is 10.2. The Kier molecular flexibility index (Phi) is 5.28. The second kappa shape index (κ2) is 7.73. The number of carbonyl (C=O) groups is 2. The summed E-state index contributed by atoms with van der Waals surface area (Å²) in [5.41, 5.74) is 7.07. The molecular weight excluding hydrogens is 373 g/mol. The molecule has 3 aliphatic rings. The number of rotatable bonds is 5. The number of nitrogens with zero attached hydrogens (tertiary/aromatic N) is 4. The van der Waals surface area contributed by atoms with E-state index in [2.05, 4.69) is 6.07 Å². The lowest BCUT2D eigenvalue weighted by Crippen LogP contribution is -2.56. The van der Waals surface area contributed by atoms with E-state index in [0.29, 0.717) is 26.1 Å². The molecule has 3 fully saturated rings. The summed E-state index contributed by atoms with van der Waals surface area (Å²) >= 11 is 0. The van der Waals surface area contributed by atoms with Gasteiger partial charge in [0.25, 0.3) is 0 Å².